The van der Waals surface area contributed by atoms with Gasteiger partial charge in [0.05, 0.1) is 0 Å². The van der Waals surface area contributed by atoms with Crippen molar-refractivity contribution in [1.29, 1.82) is 0 Å². The quantitative estimate of drug-likeness (QED) is 0.404. The lowest BCUT2D eigenvalue weighted by Crippen LogP contribution is -2.34. The van der Waals surface area contributed by atoms with E-state index in [1.165, 1.54) is 12.1 Å². The van der Waals surface area contributed by atoms with Gasteiger partial charge in [0, 0.05) is 23.9 Å². The van der Waals surface area contributed by atoms with E-state index in [0.29, 0.717) is 29.1 Å². The maximum Gasteiger partial charge on any atom is 0.322 e. The van der Waals surface area contributed by atoms with E-state index in [1.807, 2.05) is 31.2 Å². The van der Waals surface area contributed by atoms with Crippen molar-refractivity contribution in [2.45, 2.75) is 25.8 Å². The van der Waals surface area contributed by atoms with Gasteiger partial charge in [0.1, 0.15) is 23.2 Å². The third-order valence-corrected chi connectivity index (χ3v) is 5.75. The zero-order valence-corrected chi connectivity index (χ0v) is 17.4. The highest BCUT2D eigenvalue weighted by Crippen LogP contribution is 2.35. The van der Waals surface area contributed by atoms with E-state index in [9.17, 15) is 13.6 Å². The van der Waals surface area contributed by atoms with Crippen molar-refractivity contribution in [3.63, 3.8) is 0 Å². The number of hydrogen-bond donors (Lipinski definition) is 1. The van der Waals surface area contributed by atoms with Crippen LogP contribution in [-0.4, -0.2) is 22.5 Å². The van der Waals surface area contributed by atoms with Gasteiger partial charge < -0.3 is 14.6 Å². The molecule has 1 N–H and O–H groups in total. The van der Waals surface area contributed by atoms with Crippen LogP contribution in [0.2, 0.25) is 0 Å². The van der Waals surface area contributed by atoms with Crippen molar-refractivity contribution in [2.75, 3.05) is 11.9 Å². The van der Waals surface area contributed by atoms with Gasteiger partial charge in [-0.05, 0) is 61.7 Å². The molecule has 1 saturated heterocycles. The number of anilines is 1. The highest BCUT2D eigenvalue weighted by molar-refractivity contribution is 5.90. The molecule has 3 aromatic carbocycles. The Labute approximate surface area is 183 Å². The van der Waals surface area contributed by atoms with E-state index in [1.54, 1.807) is 23.1 Å². The first-order valence-electron chi connectivity index (χ1n) is 10.5. The molecule has 1 aliphatic rings. The maximum absolute atomic E-state index is 14.2. The molecule has 2 amide bonds. The molecule has 4 aromatic rings. The molecule has 0 unspecified atom stereocenters. The first-order chi connectivity index (χ1) is 15.5. The van der Waals surface area contributed by atoms with Crippen LogP contribution in [0, 0.1) is 18.6 Å². The average Bonchev–Trinajstić information content (AvgIpc) is 3.41. The number of urea groups is 1. The van der Waals surface area contributed by atoms with Gasteiger partial charge in [0.15, 0.2) is 5.58 Å². The zero-order chi connectivity index (χ0) is 22.2. The molecular weight excluding hydrogens is 412 g/mol. The van der Waals surface area contributed by atoms with E-state index < -0.39 is 11.6 Å². The molecule has 5 nitrogen and oxygen atoms in total. The number of nitrogens with zero attached hydrogens (tertiary/aromatic N) is 2. The minimum atomic E-state index is -0.636. The Hall–Kier alpha value is -3.74. The van der Waals surface area contributed by atoms with E-state index in [0.717, 1.165) is 30.2 Å². The zero-order valence-electron chi connectivity index (χ0n) is 17.4. The van der Waals surface area contributed by atoms with Gasteiger partial charge in [0.25, 0.3) is 0 Å². The molecule has 1 aromatic heterocycles. The maximum atomic E-state index is 14.2. The fourth-order valence-electron chi connectivity index (χ4n) is 4.08. The first-order valence-corrected chi connectivity index (χ1v) is 10.5. The molecule has 32 heavy (non-hydrogen) atoms. The molecular formula is C25H21F2N3O2. The topological polar surface area (TPSA) is 58.4 Å². The third-order valence-electron chi connectivity index (χ3n) is 5.75. The van der Waals surface area contributed by atoms with Gasteiger partial charge >= 0.3 is 6.03 Å². The van der Waals surface area contributed by atoms with Crippen molar-refractivity contribution in [1.82, 2.24) is 9.88 Å². The molecule has 0 aliphatic carbocycles. The number of likely N-dealkylation sites (tertiary alicyclic amines) is 1. The summed E-state index contributed by atoms with van der Waals surface area (Å²) in [5.41, 5.74) is 3.83. The lowest BCUT2D eigenvalue weighted by molar-refractivity contribution is 0.199. The normalized spacial score (nSPS) is 16.0. The Morgan fingerprint density at radius 3 is 2.69 bits per heavy atom. The van der Waals surface area contributed by atoms with Crippen LogP contribution >= 0.6 is 0 Å². The number of carbonyl (C=O) groups excluding carboxylic acids is 1. The third kappa shape index (κ3) is 3.82. The van der Waals surface area contributed by atoms with E-state index >= 15 is 0 Å². The number of benzene rings is 3. The van der Waals surface area contributed by atoms with Crippen molar-refractivity contribution >= 4 is 22.8 Å². The molecule has 162 valence electrons. The second-order valence-corrected chi connectivity index (χ2v) is 8.01. The summed E-state index contributed by atoms with van der Waals surface area (Å²) in [4.78, 5) is 19.2. The van der Waals surface area contributed by atoms with Gasteiger partial charge in [-0.15, -0.1) is 0 Å². The van der Waals surface area contributed by atoms with Crippen LogP contribution < -0.4 is 5.32 Å². The molecule has 0 spiro atoms. The predicted molar refractivity (Wildman–Crippen MR) is 118 cm³/mol. The van der Waals surface area contributed by atoms with Gasteiger partial charge in [-0.1, -0.05) is 23.8 Å². The van der Waals surface area contributed by atoms with E-state index in [4.69, 9.17) is 4.42 Å². The Bertz CT molecular complexity index is 1300. The Morgan fingerprint density at radius 2 is 1.91 bits per heavy atom. The molecule has 1 atom stereocenters. The monoisotopic (exact) mass is 433 g/mol. The number of aryl methyl sites for hydroxylation is 1. The van der Waals surface area contributed by atoms with Crippen LogP contribution in [-0.2, 0) is 0 Å². The summed E-state index contributed by atoms with van der Waals surface area (Å²) in [5.74, 6) is -0.808. The van der Waals surface area contributed by atoms with E-state index in [-0.39, 0.29) is 17.6 Å². The summed E-state index contributed by atoms with van der Waals surface area (Å²) in [6, 6.07) is 15.8. The molecule has 7 heteroatoms. The second-order valence-electron chi connectivity index (χ2n) is 8.01. The largest absolute Gasteiger partial charge is 0.438 e. The van der Waals surface area contributed by atoms with Crippen LogP contribution in [0.1, 0.15) is 30.3 Å². The fraction of sp³-hybridized carbons (Fsp3) is 0.200. The van der Waals surface area contributed by atoms with Gasteiger partial charge in [-0.2, -0.15) is 0 Å². The number of rotatable bonds is 3. The summed E-state index contributed by atoms with van der Waals surface area (Å²) in [5, 5.41) is 2.93. The average molecular weight is 433 g/mol. The molecule has 1 fully saturated rings. The highest BCUT2D eigenvalue weighted by Gasteiger charge is 2.33. The fourth-order valence-corrected chi connectivity index (χ4v) is 4.08. The summed E-state index contributed by atoms with van der Waals surface area (Å²) in [6.07, 6.45) is 1.59. The first kappa shape index (κ1) is 20.2. The SMILES string of the molecule is Cc1ccc(NC(=O)N2CCC[C@H]2c2nc3cc(-c4ccc(F)cc4F)ccc3o2)cc1. The summed E-state index contributed by atoms with van der Waals surface area (Å²) in [6.45, 7) is 2.60. The van der Waals surface area contributed by atoms with Gasteiger partial charge in [-0.25, -0.2) is 18.6 Å². The molecule has 5 rings (SSSR count). The van der Waals surface area contributed by atoms with Crippen LogP contribution in [0.3, 0.4) is 0 Å². The van der Waals surface area contributed by atoms with Crippen molar-refractivity contribution in [3.8, 4) is 11.1 Å². The molecule has 0 radical (unpaired) electrons. The Kier molecular flexibility index (Phi) is 5.09. The summed E-state index contributed by atoms with van der Waals surface area (Å²) < 4.78 is 33.4. The number of halogens is 2. The summed E-state index contributed by atoms with van der Waals surface area (Å²) >= 11 is 0. The predicted octanol–water partition coefficient (Wildman–Crippen LogP) is 6.45. The van der Waals surface area contributed by atoms with E-state index in [2.05, 4.69) is 10.3 Å². The Balaban J connectivity index is 1.40. The van der Waals surface area contributed by atoms with Gasteiger partial charge in [0.2, 0.25) is 5.89 Å². The second kappa shape index (κ2) is 8.07. The minimum absolute atomic E-state index is 0.201. The van der Waals surface area contributed by atoms with Crippen molar-refractivity contribution < 1.29 is 18.0 Å². The van der Waals surface area contributed by atoms with Crippen LogP contribution in [0.25, 0.3) is 22.2 Å². The van der Waals surface area contributed by atoms with Gasteiger partial charge in [-0.3, -0.25) is 0 Å². The summed E-state index contributed by atoms with van der Waals surface area (Å²) in [7, 11) is 0. The standard InChI is InChI=1S/C25H21F2N3O2/c1-15-4-8-18(9-5-15)28-25(31)30-12-2-3-22(30)24-29-21-13-16(6-11-23(21)32-24)19-10-7-17(26)14-20(19)27/h4-11,13-14,22H,2-3,12H2,1H3,(H,28,31)/t22-/m0/s1. The van der Waals surface area contributed by atoms with Crippen LogP contribution in [0.4, 0.5) is 19.3 Å². The van der Waals surface area contributed by atoms with Crippen LogP contribution in [0.5, 0.6) is 0 Å². The number of fused-ring (bicyclic) bond motifs is 1. The van der Waals surface area contributed by atoms with Crippen molar-refractivity contribution in [2.24, 2.45) is 0 Å². The van der Waals surface area contributed by atoms with Crippen LogP contribution in [0.15, 0.2) is 65.1 Å². The lowest BCUT2D eigenvalue weighted by atomic mass is 10.0. The lowest BCUT2D eigenvalue weighted by Gasteiger charge is -2.22. The number of oxazole rings is 1. The minimum Gasteiger partial charge on any atom is -0.438 e. The highest BCUT2D eigenvalue weighted by atomic mass is 19.1. The molecule has 2 heterocycles. The number of nitrogens with one attached hydrogen (secondary N) is 1. The Morgan fingerprint density at radius 1 is 1.09 bits per heavy atom. The number of amides is 2. The molecule has 0 bridgehead atoms. The number of carbonyl (C=O) groups is 1. The number of aromatic nitrogens is 1. The smallest absolute Gasteiger partial charge is 0.322 e. The molecule has 1 aliphatic heterocycles. The number of hydrogen-bond acceptors (Lipinski definition) is 3. The van der Waals surface area contributed by atoms with Crippen molar-refractivity contribution in [3.05, 3.63) is 83.8 Å². The molecule has 0 saturated carbocycles.